The van der Waals surface area contributed by atoms with Gasteiger partial charge in [0.15, 0.2) is 5.41 Å². The van der Waals surface area contributed by atoms with Crippen LogP contribution in [0.25, 0.3) is 0 Å². The largest absolute Gasteiger partial charge is 0.404 e. The lowest BCUT2D eigenvalue weighted by atomic mass is 9.85. The Bertz CT molecular complexity index is 494. The van der Waals surface area contributed by atoms with E-state index in [0.717, 1.165) is 4.90 Å². The van der Waals surface area contributed by atoms with Crippen LogP contribution in [-0.4, -0.2) is 35.4 Å². The summed E-state index contributed by atoms with van der Waals surface area (Å²) in [7, 11) is 0. The Morgan fingerprint density at radius 1 is 0.955 bits per heavy atom. The molecule has 1 aromatic rings. The normalized spacial score (nSPS) is 19.6. The number of benzene rings is 1. The van der Waals surface area contributed by atoms with Gasteiger partial charge in [-0.15, -0.1) is 0 Å². The Labute approximate surface area is 123 Å². The average Bonchev–Trinajstić information content (AvgIpc) is 2.84. The molecule has 1 N–H and O–H groups in total. The third-order valence-corrected chi connectivity index (χ3v) is 4.05. The van der Waals surface area contributed by atoms with Crippen molar-refractivity contribution < 1.29 is 31.4 Å². The number of aliphatic hydroxyl groups excluding tert-OH is 1. The molecule has 22 heavy (non-hydrogen) atoms. The van der Waals surface area contributed by atoms with E-state index in [0.29, 0.717) is 11.1 Å². The highest BCUT2D eigenvalue weighted by Crippen LogP contribution is 2.55. The predicted octanol–water partition coefficient (Wildman–Crippen LogP) is 3.50. The first-order valence-electron chi connectivity index (χ1n) is 6.63. The lowest BCUT2D eigenvalue weighted by molar-refractivity contribution is -0.335. The van der Waals surface area contributed by atoms with Gasteiger partial charge in [0.1, 0.15) is 0 Å². The Morgan fingerprint density at radius 3 is 1.86 bits per heavy atom. The second-order valence-electron chi connectivity index (χ2n) is 5.51. The molecule has 2 rings (SSSR count). The number of nitrogens with zero attached hydrogens (tertiary/aromatic N) is 1. The van der Waals surface area contributed by atoms with Crippen molar-refractivity contribution in [1.82, 2.24) is 4.90 Å². The number of likely N-dealkylation sites (tertiary alicyclic amines) is 1. The first-order valence-corrected chi connectivity index (χ1v) is 6.63. The molecule has 1 aliphatic rings. The molecule has 0 spiro atoms. The quantitative estimate of drug-likeness (QED) is 0.859. The van der Waals surface area contributed by atoms with Gasteiger partial charge in [-0.25, -0.2) is 0 Å². The maximum absolute atomic E-state index is 12.9. The lowest BCUT2D eigenvalue weighted by Gasteiger charge is -2.33. The Balaban J connectivity index is 2.13. The van der Waals surface area contributed by atoms with Crippen LogP contribution in [0, 0.1) is 5.41 Å². The van der Waals surface area contributed by atoms with Crippen molar-refractivity contribution in [2.45, 2.75) is 31.9 Å². The van der Waals surface area contributed by atoms with Crippen LogP contribution in [0.4, 0.5) is 26.3 Å². The Hall–Kier alpha value is -1.28. The fourth-order valence-electron chi connectivity index (χ4n) is 2.66. The van der Waals surface area contributed by atoms with Crippen molar-refractivity contribution in [2.75, 3.05) is 13.1 Å². The minimum atomic E-state index is -5.32. The first-order chi connectivity index (χ1) is 10.1. The number of halogens is 6. The second-order valence-corrected chi connectivity index (χ2v) is 5.51. The van der Waals surface area contributed by atoms with Crippen LogP contribution in [0.5, 0.6) is 0 Å². The van der Waals surface area contributed by atoms with Gasteiger partial charge in [-0.2, -0.15) is 26.3 Å². The van der Waals surface area contributed by atoms with Crippen LogP contribution < -0.4 is 0 Å². The van der Waals surface area contributed by atoms with Crippen molar-refractivity contribution in [1.29, 1.82) is 0 Å². The van der Waals surface area contributed by atoms with Crippen LogP contribution in [0.2, 0.25) is 0 Å². The van der Waals surface area contributed by atoms with Crippen LogP contribution in [-0.2, 0) is 13.2 Å². The molecule has 0 aliphatic carbocycles. The maximum Gasteiger partial charge on any atom is 0.404 e. The molecule has 1 heterocycles. The maximum atomic E-state index is 12.9. The average molecular weight is 327 g/mol. The summed E-state index contributed by atoms with van der Waals surface area (Å²) in [6.45, 7) is -1.50. The van der Waals surface area contributed by atoms with Crippen molar-refractivity contribution in [3.05, 3.63) is 35.4 Å². The molecule has 124 valence electrons. The van der Waals surface area contributed by atoms with Crippen LogP contribution in [0.1, 0.15) is 17.5 Å². The summed E-state index contributed by atoms with van der Waals surface area (Å²) in [5.74, 6) is 0. The lowest BCUT2D eigenvalue weighted by Crippen LogP contribution is -2.51. The van der Waals surface area contributed by atoms with Crippen molar-refractivity contribution in [3.8, 4) is 0 Å². The fraction of sp³-hybridized carbons (Fsp3) is 0.571. The third kappa shape index (κ3) is 3.08. The summed E-state index contributed by atoms with van der Waals surface area (Å²) < 4.78 is 77.7. The summed E-state index contributed by atoms with van der Waals surface area (Å²) in [5.41, 5.74) is -2.41. The van der Waals surface area contributed by atoms with Gasteiger partial charge in [0.05, 0.1) is 6.61 Å². The van der Waals surface area contributed by atoms with Gasteiger partial charge in [0.25, 0.3) is 0 Å². The van der Waals surface area contributed by atoms with Crippen LogP contribution in [0.3, 0.4) is 0 Å². The molecule has 0 radical (unpaired) electrons. The van der Waals surface area contributed by atoms with Gasteiger partial charge < -0.3 is 5.11 Å². The molecule has 8 heteroatoms. The number of alkyl halides is 6. The number of rotatable bonds is 3. The van der Waals surface area contributed by atoms with E-state index < -0.39 is 30.7 Å². The van der Waals surface area contributed by atoms with Gasteiger partial charge >= 0.3 is 12.4 Å². The molecule has 0 atom stereocenters. The monoisotopic (exact) mass is 327 g/mol. The highest BCUT2D eigenvalue weighted by Gasteiger charge is 2.72. The molecule has 0 unspecified atom stereocenters. The molecule has 1 aliphatic heterocycles. The molecular formula is C14H15F6NO. The number of aliphatic hydroxyl groups is 1. The molecular weight excluding hydrogens is 312 g/mol. The topological polar surface area (TPSA) is 23.5 Å². The molecule has 2 nitrogen and oxygen atoms in total. The Morgan fingerprint density at radius 2 is 1.45 bits per heavy atom. The van der Waals surface area contributed by atoms with Crippen molar-refractivity contribution in [3.63, 3.8) is 0 Å². The molecule has 1 saturated heterocycles. The van der Waals surface area contributed by atoms with E-state index in [2.05, 4.69) is 0 Å². The zero-order valence-corrected chi connectivity index (χ0v) is 11.5. The molecule has 0 saturated carbocycles. The van der Waals surface area contributed by atoms with Gasteiger partial charge in [0, 0.05) is 13.1 Å². The summed E-state index contributed by atoms with van der Waals surface area (Å²) in [4.78, 5) is 1.16. The highest BCUT2D eigenvalue weighted by atomic mass is 19.4. The minimum Gasteiger partial charge on any atom is -0.392 e. The standard InChI is InChI=1S/C14H15F6NO/c15-13(16,17)12(14(18,19)20)5-6-21(9-12)7-10-1-3-11(8-22)4-2-10/h1-4,22H,5-9H2. The SMILES string of the molecule is OCc1ccc(CN2CCC(C(F)(F)F)(C(F)(F)F)C2)cc1. The highest BCUT2D eigenvalue weighted by molar-refractivity contribution is 5.22. The summed E-state index contributed by atoms with van der Waals surface area (Å²) in [5, 5.41) is 8.90. The van der Waals surface area contributed by atoms with E-state index in [1.807, 2.05) is 0 Å². The summed E-state index contributed by atoms with van der Waals surface area (Å²) in [6.07, 6.45) is -11.6. The molecule has 1 fully saturated rings. The van der Waals surface area contributed by atoms with E-state index >= 15 is 0 Å². The summed E-state index contributed by atoms with van der Waals surface area (Å²) in [6, 6.07) is 6.36. The first kappa shape index (κ1) is 17.1. The van der Waals surface area contributed by atoms with Gasteiger partial charge in [-0.3, -0.25) is 4.90 Å². The van der Waals surface area contributed by atoms with E-state index in [4.69, 9.17) is 5.11 Å². The van der Waals surface area contributed by atoms with Crippen molar-refractivity contribution in [2.24, 2.45) is 5.41 Å². The Kier molecular flexibility index (Phi) is 4.45. The summed E-state index contributed by atoms with van der Waals surface area (Å²) >= 11 is 0. The second kappa shape index (κ2) is 5.73. The van der Waals surface area contributed by atoms with Gasteiger partial charge in [0.2, 0.25) is 0 Å². The zero-order chi connectivity index (χ0) is 16.6. The zero-order valence-electron chi connectivity index (χ0n) is 11.5. The number of hydrogen-bond acceptors (Lipinski definition) is 2. The van der Waals surface area contributed by atoms with E-state index in [1.165, 1.54) is 0 Å². The van der Waals surface area contributed by atoms with Crippen LogP contribution >= 0.6 is 0 Å². The van der Waals surface area contributed by atoms with E-state index in [9.17, 15) is 26.3 Å². The third-order valence-electron chi connectivity index (χ3n) is 4.05. The smallest absolute Gasteiger partial charge is 0.392 e. The van der Waals surface area contributed by atoms with Crippen molar-refractivity contribution >= 4 is 0 Å². The van der Waals surface area contributed by atoms with Gasteiger partial charge in [-0.05, 0) is 24.1 Å². The molecule has 1 aromatic carbocycles. The molecule has 0 amide bonds. The predicted molar refractivity (Wildman–Crippen MR) is 66.8 cm³/mol. The molecule has 0 aromatic heterocycles. The van der Waals surface area contributed by atoms with E-state index in [1.54, 1.807) is 24.3 Å². The van der Waals surface area contributed by atoms with Gasteiger partial charge in [-0.1, -0.05) is 24.3 Å². The molecule has 0 bridgehead atoms. The number of hydrogen-bond donors (Lipinski definition) is 1. The van der Waals surface area contributed by atoms with E-state index in [-0.39, 0.29) is 19.7 Å². The van der Waals surface area contributed by atoms with Crippen LogP contribution in [0.15, 0.2) is 24.3 Å². The fourth-order valence-corrected chi connectivity index (χ4v) is 2.66. The minimum absolute atomic E-state index is 0.0135.